The molecule has 0 heterocycles. The van der Waals surface area contributed by atoms with Gasteiger partial charge in [0.1, 0.15) is 0 Å². The Kier molecular flexibility index (Phi) is 7.08. The molecule has 1 nitrogen and oxygen atoms in total. The molecule has 0 spiro atoms. The number of hydrogen-bond donors (Lipinski definition) is 1. The summed E-state index contributed by atoms with van der Waals surface area (Å²) in [6, 6.07) is 0.809. The Morgan fingerprint density at radius 3 is 2.40 bits per heavy atom. The predicted molar refractivity (Wildman–Crippen MR) is 68.2 cm³/mol. The molecule has 1 saturated carbocycles. The average Bonchev–Trinajstić information content (AvgIpc) is 3.05. The lowest BCUT2D eigenvalue weighted by atomic mass is 10.1. The van der Waals surface area contributed by atoms with E-state index in [1.165, 1.54) is 64.3 Å². The van der Waals surface area contributed by atoms with Crippen LogP contribution in [0, 0.1) is 5.92 Å². The zero-order chi connectivity index (χ0) is 10.9. The van der Waals surface area contributed by atoms with Crippen LogP contribution in [0.1, 0.15) is 71.6 Å². The molecule has 90 valence electrons. The molecule has 1 rings (SSSR count). The van der Waals surface area contributed by atoms with E-state index in [-0.39, 0.29) is 0 Å². The summed E-state index contributed by atoms with van der Waals surface area (Å²) in [7, 11) is 0. The van der Waals surface area contributed by atoms with E-state index >= 15 is 0 Å². The second-order valence-corrected chi connectivity index (χ2v) is 5.15. The molecule has 1 unspecified atom stereocenters. The third kappa shape index (κ3) is 6.94. The molecular weight excluding hydrogens is 182 g/mol. The van der Waals surface area contributed by atoms with Gasteiger partial charge in [-0.25, -0.2) is 0 Å². The van der Waals surface area contributed by atoms with Crippen LogP contribution in [-0.2, 0) is 0 Å². The summed E-state index contributed by atoms with van der Waals surface area (Å²) in [4.78, 5) is 0. The molecule has 0 amide bonds. The standard InChI is InChI=1S/C14H29N/c1-3-5-6-7-8-11-15-14(4-2)12-13-9-10-13/h13-15H,3-12H2,1-2H3. The van der Waals surface area contributed by atoms with Gasteiger partial charge in [0.15, 0.2) is 0 Å². The van der Waals surface area contributed by atoms with E-state index in [9.17, 15) is 0 Å². The van der Waals surface area contributed by atoms with Crippen LogP contribution in [0.5, 0.6) is 0 Å². The quantitative estimate of drug-likeness (QED) is 0.536. The van der Waals surface area contributed by atoms with Crippen molar-refractivity contribution in [2.24, 2.45) is 5.92 Å². The molecule has 1 atom stereocenters. The van der Waals surface area contributed by atoms with Crippen LogP contribution >= 0.6 is 0 Å². The first-order chi connectivity index (χ1) is 7.36. The molecule has 0 aliphatic heterocycles. The maximum Gasteiger partial charge on any atom is 0.00670 e. The highest BCUT2D eigenvalue weighted by molar-refractivity contribution is 4.79. The molecule has 0 aromatic heterocycles. The third-order valence-corrected chi connectivity index (χ3v) is 3.52. The summed E-state index contributed by atoms with van der Waals surface area (Å²) < 4.78 is 0. The Morgan fingerprint density at radius 1 is 1.07 bits per heavy atom. The summed E-state index contributed by atoms with van der Waals surface area (Å²) in [5, 5.41) is 3.72. The lowest BCUT2D eigenvalue weighted by Crippen LogP contribution is -2.29. The highest BCUT2D eigenvalue weighted by Crippen LogP contribution is 2.33. The maximum atomic E-state index is 3.72. The van der Waals surface area contributed by atoms with Crippen LogP contribution in [-0.4, -0.2) is 12.6 Å². The molecule has 0 aromatic carbocycles. The summed E-state index contributed by atoms with van der Waals surface area (Å²) in [6.07, 6.45) is 12.7. The summed E-state index contributed by atoms with van der Waals surface area (Å²) >= 11 is 0. The Balaban J connectivity index is 1.87. The van der Waals surface area contributed by atoms with E-state index in [1.807, 2.05) is 0 Å². The Labute approximate surface area is 96.0 Å². The average molecular weight is 211 g/mol. The topological polar surface area (TPSA) is 12.0 Å². The van der Waals surface area contributed by atoms with E-state index in [0.717, 1.165) is 12.0 Å². The zero-order valence-electron chi connectivity index (χ0n) is 10.7. The first-order valence-electron chi connectivity index (χ1n) is 7.10. The van der Waals surface area contributed by atoms with E-state index in [1.54, 1.807) is 0 Å². The third-order valence-electron chi connectivity index (χ3n) is 3.52. The smallest absolute Gasteiger partial charge is 0.00670 e. The molecule has 1 heteroatoms. The van der Waals surface area contributed by atoms with Gasteiger partial charge in [0, 0.05) is 6.04 Å². The van der Waals surface area contributed by atoms with Gasteiger partial charge in [-0.3, -0.25) is 0 Å². The molecule has 1 aliphatic carbocycles. The van der Waals surface area contributed by atoms with Gasteiger partial charge in [-0.2, -0.15) is 0 Å². The predicted octanol–water partition coefficient (Wildman–Crippen LogP) is 4.13. The van der Waals surface area contributed by atoms with Gasteiger partial charge >= 0.3 is 0 Å². The molecule has 1 N–H and O–H groups in total. The number of rotatable bonds is 10. The van der Waals surface area contributed by atoms with Crippen molar-refractivity contribution in [3.05, 3.63) is 0 Å². The van der Waals surface area contributed by atoms with Gasteiger partial charge in [0.25, 0.3) is 0 Å². The zero-order valence-corrected chi connectivity index (χ0v) is 10.7. The van der Waals surface area contributed by atoms with Crippen molar-refractivity contribution < 1.29 is 0 Å². The largest absolute Gasteiger partial charge is 0.314 e. The first-order valence-corrected chi connectivity index (χ1v) is 7.10. The van der Waals surface area contributed by atoms with E-state index in [2.05, 4.69) is 19.2 Å². The molecule has 0 saturated heterocycles. The fourth-order valence-corrected chi connectivity index (χ4v) is 2.18. The van der Waals surface area contributed by atoms with Gasteiger partial charge in [-0.05, 0) is 31.7 Å². The van der Waals surface area contributed by atoms with Crippen molar-refractivity contribution in [2.45, 2.75) is 77.7 Å². The van der Waals surface area contributed by atoms with Gasteiger partial charge in [-0.1, -0.05) is 52.4 Å². The maximum absolute atomic E-state index is 3.72. The molecule has 0 aromatic rings. The van der Waals surface area contributed by atoms with Crippen LogP contribution in [0.25, 0.3) is 0 Å². The number of hydrogen-bond acceptors (Lipinski definition) is 1. The minimum Gasteiger partial charge on any atom is -0.314 e. The van der Waals surface area contributed by atoms with Crippen molar-refractivity contribution in [3.8, 4) is 0 Å². The Hall–Kier alpha value is -0.0400. The number of nitrogens with one attached hydrogen (secondary N) is 1. The van der Waals surface area contributed by atoms with E-state index in [4.69, 9.17) is 0 Å². The van der Waals surface area contributed by atoms with Crippen molar-refractivity contribution in [3.63, 3.8) is 0 Å². The van der Waals surface area contributed by atoms with Crippen LogP contribution in [0.2, 0.25) is 0 Å². The second-order valence-electron chi connectivity index (χ2n) is 5.15. The minimum atomic E-state index is 0.809. The monoisotopic (exact) mass is 211 g/mol. The molecule has 1 aliphatic rings. The van der Waals surface area contributed by atoms with Crippen LogP contribution in [0.15, 0.2) is 0 Å². The van der Waals surface area contributed by atoms with Gasteiger partial charge in [-0.15, -0.1) is 0 Å². The van der Waals surface area contributed by atoms with Crippen molar-refractivity contribution in [2.75, 3.05) is 6.54 Å². The fourth-order valence-electron chi connectivity index (χ4n) is 2.18. The van der Waals surface area contributed by atoms with Crippen LogP contribution in [0.4, 0.5) is 0 Å². The highest BCUT2D eigenvalue weighted by Gasteiger charge is 2.24. The van der Waals surface area contributed by atoms with Crippen molar-refractivity contribution >= 4 is 0 Å². The summed E-state index contributed by atoms with van der Waals surface area (Å²) in [6.45, 7) is 5.84. The summed E-state index contributed by atoms with van der Waals surface area (Å²) in [5.41, 5.74) is 0. The lowest BCUT2D eigenvalue weighted by Gasteiger charge is -2.16. The fraction of sp³-hybridized carbons (Fsp3) is 1.00. The van der Waals surface area contributed by atoms with Crippen LogP contribution < -0.4 is 5.32 Å². The molecule has 0 radical (unpaired) electrons. The van der Waals surface area contributed by atoms with E-state index in [0.29, 0.717) is 0 Å². The minimum absolute atomic E-state index is 0.809. The van der Waals surface area contributed by atoms with Gasteiger partial charge < -0.3 is 5.32 Å². The summed E-state index contributed by atoms with van der Waals surface area (Å²) in [5.74, 6) is 1.07. The normalized spacial score (nSPS) is 18.0. The molecule has 1 fully saturated rings. The van der Waals surface area contributed by atoms with Gasteiger partial charge in [0.05, 0.1) is 0 Å². The first kappa shape index (κ1) is 13.0. The number of unbranched alkanes of at least 4 members (excludes halogenated alkanes) is 4. The SMILES string of the molecule is CCCCCCCNC(CC)CC1CC1. The van der Waals surface area contributed by atoms with Crippen molar-refractivity contribution in [1.82, 2.24) is 5.32 Å². The molecule has 0 bridgehead atoms. The second kappa shape index (κ2) is 8.15. The molecule has 15 heavy (non-hydrogen) atoms. The van der Waals surface area contributed by atoms with E-state index < -0.39 is 0 Å². The van der Waals surface area contributed by atoms with Crippen molar-refractivity contribution in [1.29, 1.82) is 0 Å². The lowest BCUT2D eigenvalue weighted by molar-refractivity contribution is 0.436. The Morgan fingerprint density at radius 2 is 1.80 bits per heavy atom. The Bertz CT molecular complexity index is 140. The molecular formula is C14H29N. The highest BCUT2D eigenvalue weighted by atomic mass is 14.9. The van der Waals surface area contributed by atoms with Crippen LogP contribution in [0.3, 0.4) is 0 Å². The van der Waals surface area contributed by atoms with Gasteiger partial charge in [0.2, 0.25) is 0 Å².